The summed E-state index contributed by atoms with van der Waals surface area (Å²) in [7, 11) is 0. The number of amides is 2. The van der Waals surface area contributed by atoms with Gasteiger partial charge in [-0.25, -0.2) is 9.59 Å². The molecule has 42 heavy (non-hydrogen) atoms. The lowest BCUT2D eigenvalue weighted by molar-refractivity contribution is -0.384. The number of hydrogen-bond donors (Lipinski definition) is 3. The van der Waals surface area contributed by atoms with Crippen LogP contribution in [-0.2, 0) is 27.5 Å². The Labute approximate surface area is 243 Å². The molecule has 0 unspecified atom stereocenters. The predicted octanol–water partition coefficient (Wildman–Crippen LogP) is 5.18. The number of nitro benzene ring substituents is 1. The highest BCUT2D eigenvalue weighted by molar-refractivity contribution is 5.86. The van der Waals surface area contributed by atoms with Crippen molar-refractivity contribution in [2.45, 2.75) is 46.1 Å². The lowest BCUT2D eigenvalue weighted by Gasteiger charge is -2.24. The molecule has 0 fully saturated rings. The fourth-order valence-electron chi connectivity index (χ4n) is 3.70. The van der Waals surface area contributed by atoms with Crippen LogP contribution in [0.1, 0.15) is 31.9 Å². The van der Waals surface area contributed by atoms with Crippen LogP contribution >= 0.6 is 0 Å². The van der Waals surface area contributed by atoms with Crippen LogP contribution in [0.3, 0.4) is 0 Å². The molecule has 12 heteroatoms. The summed E-state index contributed by atoms with van der Waals surface area (Å²) in [5.41, 5.74) is 2.24. The van der Waals surface area contributed by atoms with Crippen molar-refractivity contribution < 1.29 is 33.5 Å². The lowest BCUT2D eigenvalue weighted by Crippen LogP contribution is -2.52. The minimum Gasteiger partial charge on any atom is -0.445 e. The number of non-ortho nitro benzene ring substituents is 1. The van der Waals surface area contributed by atoms with Gasteiger partial charge in [-0.1, -0.05) is 56.3 Å². The smallest absolute Gasteiger partial charge is 0.445 e. The number of ether oxygens (including phenoxy) is 3. The predicted molar refractivity (Wildman–Crippen MR) is 155 cm³/mol. The maximum absolute atomic E-state index is 12.9. The van der Waals surface area contributed by atoms with Crippen LogP contribution in [0.2, 0.25) is 0 Å². The molecule has 3 rings (SSSR count). The summed E-state index contributed by atoms with van der Waals surface area (Å²) in [5, 5.41) is 19.5. The molecule has 0 radical (unpaired) electrons. The molecule has 3 aromatic carbocycles. The Balaban J connectivity index is 1.39. The number of nitrogens with zero attached hydrogens (tertiary/aromatic N) is 1. The van der Waals surface area contributed by atoms with Crippen molar-refractivity contribution >= 4 is 29.5 Å². The molecule has 0 aliphatic carbocycles. The molecule has 12 nitrogen and oxygen atoms in total. The highest BCUT2D eigenvalue weighted by Crippen LogP contribution is 2.18. The average molecular weight is 579 g/mol. The number of alkyl carbamates (subject to hydrolysis) is 1. The van der Waals surface area contributed by atoms with Gasteiger partial charge in [-0.2, -0.15) is 0 Å². The Bertz CT molecular complexity index is 1330. The van der Waals surface area contributed by atoms with Gasteiger partial charge in [-0.05, 0) is 48.2 Å². The van der Waals surface area contributed by atoms with Crippen LogP contribution in [-0.4, -0.2) is 41.7 Å². The summed E-state index contributed by atoms with van der Waals surface area (Å²) in [6.07, 6.45) is -1.60. The second-order valence-corrected chi connectivity index (χ2v) is 9.81. The van der Waals surface area contributed by atoms with E-state index in [9.17, 15) is 24.5 Å². The SMILES string of the molecule is CC(C)[C@H](NC(=O)OCc1ccccc1)C(=O)N[C@@H](C)CNc1ccc(COC(=O)Oc2ccc([N+](=O)[O-])cc2)cc1. The van der Waals surface area contributed by atoms with Crippen LogP contribution in [0.25, 0.3) is 0 Å². The molecule has 0 spiro atoms. The third kappa shape index (κ3) is 10.5. The minimum atomic E-state index is -0.936. The Morgan fingerprint density at radius 2 is 1.43 bits per heavy atom. The number of carbonyl (C=O) groups is 3. The zero-order valence-corrected chi connectivity index (χ0v) is 23.6. The van der Waals surface area contributed by atoms with Gasteiger partial charge < -0.3 is 30.2 Å². The van der Waals surface area contributed by atoms with E-state index < -0.39 is 23.2 Å². The Morgan fingerprint density at radius 1 is 0.810 bits per heavy atom. The first kappa shape index (κ1) is 31.4. The molecule has 0 aliphatic heterocycles. The maximum atomic E-state index is 12.9. The summed E-state index contributed by atoms with van der Waals surface area (Å²) in [4.78, 5) is 47.2. The van der Waals surface area contributed by atoms with Gasteiger partial charge in [0.1, 0.15) is 25.0 Å². The number of hydrogen-bond acceptors (Lipinski definition) is 9. The van der Waals surface area contributed by atoms with E-state index in [-0.39, 0.29) is 42.5 Å². The van der Waals surface area contributed by atoms with E-state index >= 15 is 0 Å². The topological polar surface area (TPSA) is 158 Å². The Kier molecular flexibility index (Phi) is 11.7. The fourth-order valence-corrected chi connectivity index (χ4v) is 3.70. The molecular weight excluding hydrogens is 544 g/mol. The van der Waals surface area contributed by atoms with Crippen molar-refractivity contribution in [3.8, 4) is 5.75 Å². The van der Waals surface area contributed by atoms with E-state index in [0.717, 1.165) is 11.3 Å². The third-order valence-electron chi connectivity index (χ3n) is 6.00. The number of nitrogens with one attached hydrogen (secondary N) is 3. The summed E-state index contributed by atoms with van der Waals surface area (Å²) < 4.78 is 15.4. The van der Waals surface area contributed by atoms with Crippen molar-refractivity contribution in [3.63, 3.8) is 0 Å². The van der Waals surface area contributed by atoms with Gasteiger partial charge in [0.15, 0.2) is 0 Å². The number of nitro groups is 1. The van der Waals surface area contributed by atoms with Crippen molar-refractivity contribution in [2.75, 3.05) is 11.9 Å². The molecule has 0 saturated heterocycles. The van der Waals surface area contributed by atoms with Crippen molar-refractivity contribution in [3.05, 3.63) is 100 Å². The molecule has 3 N–H and O–H groups in total. The van der Waals surface area contributed by atoms with Crippen molar-refractivity contribution in [2.24, 2.45) is 5.92 Å². The molecule has 0 heterocycles. The van der Waals surface area contributed by atoms with Gasteiger partial charge in [0.25, 0.3) is 5.69 Å². The number of carbonyl (C=O) groups excluding carboxylic acids is 3. The fraction of sp³-hybridized carbons (Fsp3) is 0.300. The zero-order valence-electron chi connectivity index (χ0n) is 23.6. The molecular formula is C30H34N4O8. The monoisotopic (exact) mass is 578 g/mol. The number of benzene rings is 3. The second-order valence-electron chi connectivity index (χ2n) is 9.81. The molecule has 222 valence electrons. The maximum Gasteiger partial charge on any atom is 0.514 e. The van der Waals surface area contributed by atoms with Crippen molar-refractivity contribution in [1.82, 2.24) is 10.6 Å². The molecule has 0 aromatic heterocycles. The normalized spacial score (nSPS) is 12.0. The van der Waals surface area contributed by atoms with Gasteiger partial charge in [0.05, 0.1) is 4.92 Å². The summed E-state index contributed by atoms with van der Waals surface area (Å²) in [5.74, 6) is -0.343. The van der Waals surface area contributed by atoms with E-state index in [4.69, 9.17) is 14.2 Å². The lowest BCUT2D eigenvalue weighted by atomic mass is 10.0. The van der Waals surface area contributed by atoms with Gasteiger partial charge in [0, 0.05) is 30.4 Å². The van der Waals surface area contributed by atoms with E-state index in [1.807, 2.05) is 51.1 Å². The first-order valence-corrected chi connectivity index (χ1v) is 13.3. The number of anilines is 1. The summed E-state index contributed by atoms with van der Waals surface area (Å²) >= 11 is 0. The first-order valence-electron chi connectivity index (χ1n) is 13.3. The molecule has 0 bridgehead atoms. The number of rotatable bonds is 13. The van der Waals surface area contributed by atoms with E-state index in [0.29, 0.717) is 12.1 Å². The van der Waals surface area contributed by atoms with Crippen LogP contribution in [0.4, 0.5) is 21.0 Å². The van der Waals surface area contributed by atoms with Crippen molar-refractivity contribution in [1.29, 1.82) is 0 Å². The first-order chi connectivity index (χ1) is 20.1. The molecule has 3 aromatic rings. The van der Waals surface area contributed by atoms with Gasteiger partial charge in [0.2, 0.25) is 5.91 Å². The van der Waals surface area contributed by atoms with Gasteiger partial charge in [-0.15, -0.1) is 0 Å². The zero-order chi connectivity index (χ0) is 30.5. The summed E-state index contributed by atoms with van der Waals surface area (Å²) in [6.45, 7) is 6.02. The van der Waals surface area contributed by atoms with Crippen LogP contribution in [0.15, 0.2) is 78.9 Å². The molecule has 0 aliphatic rings. The van der Waals surface area contributed by atoms with Gasteiger partial charge in [-0.3, -0.25) is 14.9 Å². The van der Waals surface area contributed by atoms with E-state index in [1.54, 1.807) is 24.3 Å². The minimum absolute atomic E-state index is 0.0318. The van der Waals surface area contributed by atoms with Crippen LogP contribution in [0.5, 0.6) is 5.75 Å². The molecule has 2 atom stereocenters. The van der Waals surface area contributed by atoms with E-state index in [1.165, 1.54) is 24.3 Å². The third-order valence-corrected chi connectivity index (χ3v) is 6.00. The average Bonchev–Trinajstić information content (AvgIpc) is 2.97. The van der Waals surface area contributed by atoms with E-state index in [2.05, 4.69) is 16.0 Å². The Hall–Kier alpha value is -5.13. The standard InChI is InChI=1S/C30H34N4O8/c1-20(2)27(33-29(36)40-18-22-7-5-4-6-8-22)28(35)32-21(3)17-31-24-11-9-23(10-12-24)19-41-30(37)42-26-15-13-25(14-16-26)34(38)39/h4-16,20-21,27,31H,17-19H2,1-3H3,(H,32,35)(H,33,36)/t21-,27-/m0/s1. The largest absolute Gasteiger partial charge is 0.514 e. The highest BCUT2D eigenvalue weighted by atomic mass is 16.7. The molecule has 2 amide bonds. The highest BCUT2D eigenvalue weighted by Gasteiger charge is 2.26. The summed E-state index contributed by atoms with van der Waals surface area (Å²) in [6, 6.07) is 20.5. The Morgan fingerprint density at radius 3 is 2.05 bits per heavy atom. The second kappa shape index (κ2) is 15.6. The van der Waals surface area contributed by atoms with Gasteiger partial charge >= 0.3 is 12.2 Å². The molecule has 0 saturated carbocycles. The van der Waals surface area contributed by atoms with Crippen LogP contribution in [0, 0.1) is 16.0 Å². The quantitative estimate of drug-likeness (QED) is 0.108. The van der Waals surface area contributed by atoms with Crippen LogP contribution < -0.4 is 20.7 Å².